The molecule has 0 fully saturated rings. The van der Waals surface area contributed by atoms with Gasteiger partial charge in [-0.3, -0.25) is 4.79 Å². The normalized spacial score (nSPS) is 12.2. The van der Waals surface area contributed by atoms with Gasteiger partial charge in [0.2, 0.25) is 6.79 Å². The fraction of sp³-hybridized carbons (Fsp3) is 0.150. The lowest BCUT2D eigenvalue weighted by molar-refractivity contribution is 0.0950. The average molecular weight is 335 g/mol. The van der Waals surface area contributed by atoms with E-state index in [0.717, 1.165) is 22.1 Å². The van der Waals surface area contributed by atoms with Crippen molar-refractivity contribution in [2.24, 2.45) is 0 Å². The molecule has 126 valence electrons. The molecule has 4 rings (SSSR count). The molecule has 5 nitrogen and oxygen atoms in total. The molecule has 0 radical (unpaired) electrons. The molecule has 1 aliphatic rings. The highest BCUT2D eigenvalue weighted by atomic mass is 16.7. The van der Waals surface area contributed by atoms with Crippen molar-refractivity contribution in [3.63, 3.8) is 0 Å². The fourth-order valence-corrected chi connectivity index (χ4v) is 2.83. The molecule has 0 aromatic heterocycles. The predicted molar refractivity (Wildman–Crippen MR) is 94.2 cm³/mol. The Hall–Kier alpha value is -3.21. The summed E-state index contributed by atoms with van der Waals surface area (Å²) in [7, 11) is 1.65. The second-order valence-electron chi connectivity index (χ2n) is 5.80. The minimum atomic E-state index is -0.145. The van der Waals surface area contributed by atoms with Crippen molar-refractivity contribution in [1.82, 2.24) is 5.32 Å². The Kier molecular flexibility index (Phi) is 3.90. The van der Waals surface area contributed by atoms with Gasteiger partial charge in [0, 0.05) is 12.1 Å². The van der Waals surface area contributed by atoms with Gasteiger partial charge in [-0.1, -0.05) is 18.2 Å². The van der Waals surface area contributed by atoms with Gasteiger partial charge >= 0.3 is 0 Å². The van der Waals surface area contributed by atoms with E-state index in [1.807, 2.05) is 30.3 Å². The lowest BCUT2D eigenvalue weighted by Gasteiger charge is -2.08. The summed E-state index contributed by atoms with van der Waals surface area (Å²) in [4.78, 5) is 12.3. The third-order valence-corrected chi connectivity index (χ3v) is 4.20. The maximum absolute atomic E-state index is 12.3. The van der Waals surface area contributed by atoms with Gasteiger partial charge in [-0.2, -0.15) is 0 Å². The first-order valence-electron chi connectivity index (χ1n) is 7.97. The molecule has 5 heteroatoms. The molecule has 3 aromatic rings. The predicted octanol–water partition coefficient (Wildman–Crippen LogP) is 3.51. The monoisotopic (exact) mass is 335 g/mol. The molecular weight excluding hydrogens is 318 g/mol. The number of nitrogens with one attached hydrogen (secondary N) is 1. The SMILES string of the molecule is COc1ccc2cc(CNC(=O)c3ccc4c(c3)OCO4)ccc2c1. The van der Waals surface area contributed by atoms with Gasteiger partial charge in [0.05, 0.1) is 7.11 Å². The Morgan fingerprint density at radius 3 is 2.68 bits per heavy atom. The summed E-state index contributed by atoms with van der Waals surface area (Å²) >= 11 is 0. The van der Waals surface area contributed by atoms with Gasteiger partial charge in [-0.25, -0.2) is 0 Å². The van der Waals surface area contributed by atoms with Crippen LogP contribution in [0.2, 0.25) is 0 Å². The van der Waals surface area contributed by atoms with Crippen molar-refractivity contribution >= 4 is 16.7 Å². The van der Waals surface area contributed by atoms with Gasteiger partial charge in [0.1, 0.15) is 5.75 Å². The average Bonchev–Trinajstić information content (AvgIpc) is 3.13. The zero-order valence-corrected chi connectivity index (χ0v) is 13.7. The fourth-order valence-electron chi connectivity index (χ4n) is 2.83. The second kappa shape index (κ2) is 6.36. The number of carbonyl (C=O) groups excluding carboxylic acids is 1. The first kappa shape index (κ1) is 15.3. The lowest BCUT2D eigenvalue weighted by atomic mass is 10.1. The van der Waals surface area contributed by atoms with Crippen LogP contribution in [0.15, 0.2) is 54.6 Å². The Morgan fingerprint density at radius 1 is 1.00 bits per heavy atom. The van der Waals surface area contributed by atoms with Crippen LogP contribution in [0.25, 0.3) is 10.8 Å². The van der Waals surface area contributed by atoms with Crippen LogP contribution in [-0.4, -0.2) is 19.8 Å². The zero-order valence-electron chi connectivity index (χ0n) is 13.7. The van der Waals surface area contributed by atoms with E-state index in [1.165, 1.54) is 0 Å². The lowest BCUT2D eigenvalue weighted by Crippen LogP contribution is -2.22. The van der Waals surface area contributed by atoms with E-state index < -0.39 is 0 Å². The van der Waals surface area contributed by atoms with E-state index in [1.54, 1.807) is 25.3 Å². The molecule has 0 saturated heterocycles. The summed E-state index contributed by atoms with van der Waals surface area (Å²) in [5, 5.41) is 5.14. The first-order chi connectivity index (χ1) is 12.2. The van der Waals surface area contributed by atoms with Gasteiger partial charge in [0.25, 0.3) is 5.91 Å². The summed E-state index contributed by atoms with van der Waals surface area (Å²) in [5.74, 6) is 1.96. The highest BCUT2D eigenvalue weighted by Crippen LogP contribution is 2.32. The minimum Gasteiger partial charge on any atom is -0.497 e. The van der Waals surface area contributed by atoms with Crippen LogP contribution < -0.4 is 19.5 Å². The number of methoxy groups -OCH3 is 1. The van der Waals surface area contributed by atoms with E-state index in [2.05, 4.69) is 11.4 Å². The Bertz CT molecular complexity index is 952. The maximum Gasteiger partial charge on any atom is 0.251 e. The van der Waals surface area contributed by atoms with Crippen molar-refractivity contribution < 1.29 is 19.0 Å². The smallest absolute Gasteiger partial charge is 0.251 e. The molecule has 25 heavy (non-hydrogen) atoms. The number of hydrogen-bond donors (Lipinski definition) is 1. The molecule has 3 aromatic carbocycles. The molecule has 0 spiro atoms. The van der Waals surface area contributed by atoms with Crippen molar-refractivity contribution in [1.29, 1.82) is 0 Å². The zero-order chi connectivity index (χ0) is 17.2. The Labute approximate surface area is 145 Å². The third kappa shape index (κ3) is 3.08. The van der Waals surface area contributed by atoms with Gasteiger partial charge in [-0.15, -0.1) is 0 Å². The number of amides is 1. The molecular formula is C20H17NO4. The summed E-state index contributed by atoms with van der Waals surface area (Å²) in [6, 6.07) is 17.2. The van der Waals surface area contributed by atoms with Crippen LogP contribution in [0.1, 0.15) is 15.9 Å². The van der Waals surface area contributed by atoms with Crippen LogP contribution in [0.4, 0.5) is 0 Å². The Balaban J connectivity index is 1.47. The first-order valence-corrected chi connectivity index (χ1v) is 7.97. The molecule has 0 aliphatic carbocycles. The molecule has 1 aliphatic heterocycles. The second-order valence-corrected chi connectivity index (χ2v) is 5.80. The molecule has 0 atom stereocenters. The summed E-state index contributed by atoms with van der Waals surface area (Å²) in [5.41, 5.74) is 1.58. The van der Waals surface area contributed by atoms with Gasteiger partial charge in [0.15, 0.2) is 11.5 Å². The minimum absolute atomic E-state index is 0.145. The number of ether oxygens (including phenoxy) is 3. The molecule has 0 saturated carbocycles. The Morgan fingerprint density at radius 2 is 1.80 bits per heavy atom. The van der Waals surface area contributed by atoms with E-state index in [9.17, 15) is 4.79 Å². The van der Waals surface area contributed by atoms with E-state index >= 15 is 0 Å². The number of carbonyl (C=O) groups is 1. The highest BCUT2D eigenvalue weighted by molar-refractivity contribution is 5.95. The largest absolute Gasteiger partial charge is 0.497 e. The quantitative estimate of drug-likeness (QED) is 0.793. The standard InChI is InChI=1S/C20H17NO4/c1-23-17-6-4-14-8-13(2-3-15(14)9-17)11-21-20(22)16-5-7-18-19(10-16)25-12-24-18/h2-10H,11-12H2,1H3,(H,21,22). The highest BCUT2D eigenvalue weighted by Gasteiger charge is 2.16. The summed E-state index contributed by atoms with van der Waals surface area (Å²) in [6.07, 6.45) is 0. The van der Waals surface area contributed by atoms with E-state index in [-0.39, 0.29) is 12.7 Å². The molecule has 1 amide bonds. The van der Waals surface area contributed by atoms with Crippen LogP contribution >= 0.6 is 0 Å². The van der Waals surface area contributed by atoms with Gasteiger partial charge < -0.3 is 19.5 Å². The number of fused-ring (bicyclic) bond motifs is 2. The van der Waals surface area contributed by atoms with Crippen molar-refractivity contribution in [3.05, 3.63) is 65.7 Å². The molecule has 0 bridgehead atoms. The molecule has 1 N–H and O–H groups in total. The van der Waals surface area contributed by atoms with Crippen LogP contribution in [0.5, 0.6) is 17.2 Å². The molecule has 0 unspecified atom stereocenters. The van der Waals surface area contributed by atoms with Crippen LogP contribution in [0, 0.1) is 0 Å². The van der Waals surface area contributed by atoms with Crippen molar-refractivity contribution in [3.8, 4) is 17.2 Å². The van der Waals surface area contributed by atoms with E-state index in [0.29, 0.717) is 23.6 Å². The number of benzene rings is 3. The van der Waals surface area contributed by atoms with Crippen LogP contribution in [-0.2, 0) is 6.54 Å². The van der Waals surface area contributed by atoms with Crippen molar-refractivity contribution in [2.75, 3.05) is 13.9 Å². The van der Waals surface area contributed by atoms with E-state index in [4.69, 9.17) is 14.2 Å². The topological polar surface area (TPSA) is 56.8 Å². The number of hydrogen-bond acceptors (Lipinski definition) is 4. The summed E-state index contributed by atoms with van der Waals surface area (Å²) in [6.45, 7) is 0.650. The molecule has 1 heterocycles. The maximum atomic E-state index is 12.3. The summed E-state index contributed by atoms with van der Waals surface area (Å²) < 4.78 is 15.8. The third-order valence-electron chi connectivity index (χ3n) is 4.20. The number of rotatable bonds is 4. The van der Waals surface area contributed by atoms with Crippen molar-refractivity contribution in [2.45, 2.75) is 6.54 Å². The van der Waals surface area contributed by atoms with Gasteiger partial charge in [-0.05, 0) is 52.7 Å². The van der Waals surface area contributed by atoms with Crippen LogP contribution in [0.3, 0.4) is 0 Å².